The molecule has 1 aromatic carbocycles. The van der Waals surface area contributed by atoms with Gasteiger partial charge in [0, 0.05) is 36.6 Å². The van der Waals surface area contributed by atoms with Crippen LogP contribution < -0.4 is 59.7 Å². The predicted molar refractivity (Wildman–Crippen MR) is 288 cm³/mol. The molecular formula is C51H80N14O14. The van der Waals surface area contributed by atoms with E-state index < -0.39 is 151 Å². The molecule has 0 saturated carbocycles. The smallest absolute Gasteiger partial charge is 0.326 e. The van der Waals surface area contributed by atoms with Gasteiger partial charge in [0.15, 0.2) is 5.96 Å². The van der Waals surface area contributed by atoms with E-state index in [1.165, 1.54) is 11.8 Å². The first kappa shape index (κ1) is 65.4. The number of aliphatic hydroxyl groups excluding tert-OH is 1. The molecule has 438 valence electrons. The highest BCUT2D eigenvalue weighted by Crippen LogP contribution is 2.23. The number of aliphatic hydroxyl groups is 1. The first-order chi connectivity index (χ1) is 37.2. The minimum atomic E-state index is -1.86. The van der Waals surface area contributed by atoms with Crippen LogP contribution in [0.25, 0.3) is 10.9 Å². The predicted octanol–water partition coefficient (Wildman–Crippen LogP) is -3.09. The zero-order chi connectivity index (χ0) is 59.3. The summed E-state index contributed by atoms with van der Waals surface area (Å²) in [7, 11) is 0. The van der Waals surface area contributed by atoms with Crippen LogP contribution in [0, 0.1) is 17.8 Å². The lowest BCUT2D eigenvalue weighted by Gasteiger charge is -2.32. The molecule has 28 nitrogen and oxygen atoms in total. The topological polar surface area (TPSA) is 454 Å². The number of carbonyl (C=O) groups is 11. The number of aliphatic imine (C=N–C) groups is 1. The van der Waals surface area contributed by atoms with Gasteiger partial charge in [0.1, 0.15) is 48.3 Å². The molecule has 18 N–H and O–H groups in total. The molecule has 1 aliphatic heterocycles. The number of nitrogens with two attached hydrogens (primary N) is 3. The number of likely N-dealkylation sites (tertiary alicyclic amines) is 1. The van der Waals surface area contributed by atoms with Crippen LogP contribution in [0.15, 0.2) is 35.5 Å². The highest BCUT2D eigenvalue weighted by Gasteiger charge is 2.41. The number of carboxylic acid groups (broad SMARTS) is 2. The Morgan fingerprint density at radius 3 is 1.97 bits per heavy atom. The minimum Gasteiger partial charge on any atom is -0.481 e. The zero-order valence-corrected chi connectivity index (χ0v) is 45.8. The Kier molecular flexibility index (Phi) is 26.1. The molecule has 0 aliphatic carbocycles. The van der Waals surface area contributed by atoms with Crippen molar-refractivity contribution in [3.63, 3.8) is 0 Å². The molecule has 0 bridgehead atoms. The lowest BCUT2D eigenvalue weighted by molar-refractivity contribution is -0.144. The minimum absolute atomic E-state index is 0.0148. The Hall–Kier alpha value is -7.88. The van der Waals surface area contributed by atoms with Gasteiger partial charge in [0.25, 0.3) is 0 Å². The van der Waals surface area contributed by atoms with Crippen LogP contribution in [0.2, 0.25) is 0 Å². The van der Waals surface area contributed by atoms with Crippen LogP contribution in [-0.2, 0) is 59.2 Å². The van der Waals surface area contributed by atoms with Gasteiger partial charge in [0.05, 0.1) is 25.6 Å². The number of nitrogens with zero attached hydrogens (tertiary/aromatic N) is 2. The van der Waals surface area contributed by atoms with E-state index in [0.717, 1.165) is 0 Å². The van der Waals surface area contributed by atoms with Crippen molar-refractivity contribution >= 4 is 82.0 Å². The fraction of sp³-hybridized carbons (Fsp3) is 0.608. The highest BCUT2D eigenvalue weighted by molar-refractivity contribution is 5.99. The fourth-order valence-corrected chi connectivity index (χ4v) is 8.64. The van der Waals surface area contributed by atoms with Crippen LogP contribution in [0.3, 0.4) is 0 Å². The van der Waals surface area contributed by atoms with Crippen molar-refractivity contribution in [1.29, 1.82) is 0 Å². The normalized spacial score (nSPS) is 16.6. The number of guanidine groups is 1. The van der Waals surface area contributed by atoms with Gasteiger partial charge in [-0.1, -0.05) is 66.2 Å². The molecule has 3 rings (SSSR count). The second-order valence-corrected chi connectivity index (χ2v) is 20.4. The summed E-state index contributed by atoms with van der Waals surface area (Å²) in [6, 6.07) is -5.27. The molecule has 0 unspecified atom stereocenters. The van der Waals surface area contributed by atoms with Gasteiger partial charge in [0.2, 0.25) is 53.2 Å². The van der Waals surface area contributed by atoms with E-state index in [4.69, 9.17) is 17.2 Å². The van der Waals surface area contributed by atoms with E-state index in [0.29, 0.717) is 35.7 Å². The summed E-state index contributed by atoms with van der Waals surface area (Å²) >= 11 is 0. The molecular weight excluding hydrogens is 1030 g/mol. The highest BCUT2D eigenvalue weighted by atomic mass is 16.4. The number of aromatic amines is 1. The van der Waals surface area contributed by atoms with E-state index in [1.54, 1.807) is 58.2 Å². The number of amides is 9. The van der Waals surface area contributed by atoms with E-state index in [9.17, 15) is 68.1 Å². The number of benzene rings is 1. The van der Waals surface area contributed by atoms with Gasteiger partial charge in [-0.2, -0.15) is 0 Å². The van der Waals surface area contributed by atoms with Crippen molar-refractivity contribution in [1.82, 2.24) is 52.4 Å². The molecule has 10 atom stereocenters. The number of H-pyrrole nitrogens is 1. The van der Waals surface area contributed by atoms with Crippen molar-refractivity contribution in [2.45, 2.75) is 154 Å². The van der Waals surface area contributed by atoms with Crippen LogP contribution in [0.1, 0.15) is 99.0 Å². The summed E-state index contributed by atoms with van der Waals surface area (Å²) in [6.07, 6.45) is 1.67. The zero-order valence-electron chi connectivity index (χ0n) is 45.8. The molecule has 2 heterocycles. The van der Waals surface area contributed by atoms with Gasteiger partial charge in [-0.05, 0) is 68.4 Å². The number of nitrogens with one attached hydrogen (secondary N) is 9. The maximum Gasteiger partial charge on any atom is 0.326 e. The van der Waals surface area contributed by atoms with Gasteiger partial charge in [-0.15, -0.1) is 0 Å². The summed E-state index contributed by atoms with van der Waals surface area (Å²) in [5, 5.41) is 50.2. The number of fused-ring (bicyclic) bond motifs is 1. The third kappa shape index (κ3) is 20.5. The molecule has 0 spiro atoms. The SMILES string of the molecule is CC[C@H](C)[C@H](NC(=O)[C@H](CC(=O)O)NC(=O)[C@H](Cc1c[nH]c2ccccc12)NC(=O)[C@H](CO)NC(=O)[C@@H](NC(=O)[C@@H](N)CC(C)C)C(C)C)C(=O)N1CCC[C@H]1C(=O)NCC(=O)N[C@@H](C)C(=O)N[C@@H](CCCN=C(N)N)C(=O)O. The summed E-state index contributed by atoms with van der Waals surface area (Å²) < 4.78 is 0. The number of aliphatic carboxylic acids is 2. The number of hydrogen-bond acceptors (Lipinski definition) is 14. The third-order valence-corrected chi connectivity index (χ3v) is 13.2. The van der Waals surface area contributed by atoms with Crippen LogP contribution in [0.5, 0.6) is 0 Å². The molecule has 79 heavy (non-hydrogen) atoms. The van der Waals surface area contributed by atoms with Gasteiger partial charge in [-0.3, -0.25) is 52.9 Å². The number of carbonyl (C=O) groups excluding carboxylic acids is 9. The molecule has 1 fully saturated rings. The Bertz CT molecular complexity index is 2510. The van der Waals surface area contributed by atoms with Crippen molar-refractivity contribution in [3.8, 4) is 0 Å². The van der Waals surface area contributed by atoms with Crippen molar-refractivity contribution < 1.29 is 68.1 Å². The number of rotatable bonds is 32. The average Bonchev–Trinajstić information content (AvgIpc) is 4.05. The second kappa shape index (κ2) is 31.5. The lowest BCUT2D eigenvalue weighted by atomic mass is 9.96. The monoisotopic (exact) mass is 1110 g/mol. The van der Waals surface area contributed by atoms with Gasteiger partial charge < -0.3 is 84.9 Å². The van der Waals surface area contributed by atoms with Crippen molar-refractivity contribution in [2.75, 3.05) is 26.2 Å². The van der Waals surface area contributed by atoms with Gasteiger partial charge in [-0.25, -0.2) is 4.79 Å². The van der Waals surface area contributed by atoms with E-state index in [1.807, 2.05) is 13.8 Å². The molecule has 9 amide bonds. The Labute approximate surface area is 457 Å². The molecule has 0 radical (unpaired) electrons. The Morgan fingerprint density at radius 2 is 1.37 bits per heavy atom. The quantitative estimate of drug-likeness (QED) is 0.0196. The Morgan fingerprint density at radius 1 is 0.759 bits per heavy atom. The summed E-state index contributed by atoms with van der Waals surface area (Å²) in [5.74, 6) is -11.8. The lowest BCUT2D eigenvalue weighted by Crippen LogP contribution is -2.62. The van der Waals surface area contributed by atoms with E-state index in [2.05, 4.69) is 52.5 Å². The van der Waals surface area contributed by atoms with E-state index >= 15 is 0 Å². The third-order valence-electron chi connectivity index (χ3n) is 13.2. The molecule has 1 aromatic heterocycles. The number of para-hydroxylation sites is 1. The standard InChI is InChI=1S/C51H80N14O14/c1-8-27(6)41(49(77)65-18-12-16-37(65)47(75)57-23-38(67)58-28(7)42(70)59-33(50(78)79)15-11-17-55-51(53)54)64-45(73)35(21-39(68)69)61-44(72)34(20-29-22-56-32-14-10-9-13-30(29)32)60-46(74)36(24-66)62-48(76)40(26(4)5)63-43(71)31(52)19-25(2)3/h9-10,13-14,22,25-28,31,33-37,40-41,56,66H,8,11-12,15-21,23-24,52H2,1-7H3,(H,57,75)(H,58,67)(H,59,70)(H,60,74)(H,61,72)(H,62,76)(H,63,71)(H,64,73)(H,68,69)(H,78,79)(H4,53,54,55)/t27-,28-,31-,33-,34-,35-,36-,37-,40-,41-/m0/s1. The number of aromatic nitrogens is 1. The molecule has 1 saturated heterocycles. The second-order valence-electron chi connectivity index (χ2n) is 20.4. The summed E-state index contributed by atoms with van der Waals surface area (Å²) in [6.45, 7) is 10.3. The average molecular weight is 1110 g/mol. The molecule has 2 aromatic rings. The van der Waals surface area contributed by atoms with Crippen LogP contribution in [0.4, 0.5) is 0 Å². The van der Waals surface area contributed by atoms with Gasteiger partial charge >= 0.3 is 11.9 Å². The maximum absolute atomic E-state index is 14.4. The van der Waals surface area contributed by atoms with Crippen molar-refractivity contribution in [3.05, 3.63) is 36.0 Å². The number of hydrogen-bond donors (Lipinski definition) is 15. The molecule has 28 heteroatoms. The van der Waals surface area contributed by atoms with Crippen LogP contribution >= 0.6 is 0 Å². The fourth-order valence-electron chi connectivity index (χ4n) is 8.64. The molecule has 1 aliphatic rings. The first-order valence-corrected chi connectivity index (χ1v) is 26.3. The van der Waals surface area contributed by atoms with Crippen LogP contribution in [-0.4, -0.2) is 177 Å². The number of carboxylic acids is 2. The first-order valence-electron chi connectivity index (χ1n) is 26.3. The van der Waals surface area contributed by atoms with Crippen molar-refractivity contribution in [2.24, 2.45) is 39.9 Å². The summed E-state index contributed by atoms with van der Waals surface area (Å²) in [5.41, 5.74) is 17.8. The Balaban J connectivity index is 1.80. The maximum atomic E-state index is 14.4. The largest absolute Gasteiger partial charge is 0.481 e. The summed E-state index contributed by atoms with van der Waals surface area (Å²) in [4.78, 5) is 155. The van der Waals surface area contributed by atoms with E-state index in [-0.39, 0.29) is 50.7 Å².